The van der Waals surface area contributed by atoms with Crippen molar-refractivity contribution in [2.45, 2.75) is 0 Å². The van der Waals surface area contributed by atoms with Crippen molar-refractivity contribution >= 4 is 48.6 Å². The first-order chi connectivity index (χ1) is 33.7. The molecule has 2 heteroatoms. The lowest BCUT2D eigenvalue weighted by Gasteiger charge is -2.31. The third-order valence-corrected chi connectivity index (χ3v) is 14.3. The molecule has 0 fully saturated rings. The molecule has 1 nitrogen and oxygen atoms in total. The summed E-state index contributed by atoms with van der Waals surface area (Å²) >= 11 is 1.88. The van der Waals surface area contributed by atoms with Gasteiger partial charge in [-0.2, -0.15) is 0 Å². The van der Waals surface area contributed by atoms with Crippen LogP contribution in [-0.4, -0.2) is 0 Å². The Balaban J connectivity index is 1.05. The second-order valence-electron chi connectivity index (χ2n) is 17.2. The molecule has 0 radical (unpaired) electrons. The van der Waals surface area contributed by atoms with Gasteiger partial charge in [-0.25, -0.2) is 0 Å². The molecule has 0 amide bonds. The number of fused-ring (bicyclic) bond motifs is 3. The highest BCUT2D eigenvalue weighted by Crippen LogP contribution is 2.48. The predicted molar refractivity (Wildman–Crippen MR) is 292 cm³/mol. The molecule has 12 aromatic rings. The molecule has 12 rings (SSSR count). The Kier molecular flexibility index (Phi) is 10.8. The second-order valence-corrected chi connectivity index (χ2v) is 18.3. The van der Waals surface area contributed by atoms with Crippen LogP contribution in [0.5, 0.6) is 0 Å². The number of hydrogen-bond acceptors (Lipinski definition) is 2. The fourth-order valence-electron chi connectivity index (χ4n) is 9.77. The molecule has 1 aromatic heterocycles. The van der Waals surface area contributed by atoms with Crippen molar-refractivity contribution in [2.24, 2.45) is 0 Å². The van der Waals surface area contributed by atoms with Gasteiger partial charge in [-0.15, -0.1) is 11.3 Å². The van der Waals surface area contributed by atoms with Gasteiger partial charge in [-0.05, 0) is 110 Å². The zero-order chi connectivity index (χ0) is 45.2. The Morgan fingerprint density at radius 1 is 0.235 bits per heavy atom. The molecular weight excluding hydrogens is 839 g/mol. The Bertz CT molecular complexity index is 3570. The minimum Gasteiger partial charge on any atom is -0.309 e. The van der Waals surface area contributed by atoms with Gasteiger partial charge in [0.2, 0.25) is 0 Å². The smallest absolute Gasteiger partial charge is 0.0540 e. The summed E-state index contributed by atoms with van der Waals surface area (Å²) in [5, 5.41) is 2.61. The van der Waals surface area contributed by atoms with Crippen LogP contribution in [-0.2, 0) is 0 Å². The molecule has 0 aliphatic carbocycles. The van der Waals surface area contributed by atoms with Gasteiger partial charge in [0.05, 0.1) is 11.4 Å². The third-order valence-electron chi connectivity index (χ3n) is 13.1. The molecule has 11 aromatic carbocycles. The number of hydrogen-bond donors (Lipinski definition) is 0. The van der Waals surface area contributed by atoms with Crippen LogP contribution in [0.1, 0.15) is 0 Å². The molecule has 1 heterocycles. The van der Waals surface area contributed by atoms with E-state index in [1.165, 1.54) is 70.2 Å². The van der Waals surface area contributed by atoms with E-state index in [9.17, 15) is 0 Å². The van der Waals surface area contributed by atoms with Crippen LogP contribution in [0.2, 0.25) is 0 Å². The lowest BCUT2D eigenvalue weighted by Crippen LogP contribution is -2.13. The van der Waals surface area contributed by atoms with Crippen LogP contribution in [0.25, 0.3) is 98.1 Å². The van der Waals surface area contributed by atoms with Gasteiger partial charge < -0.3 is 4.90 Å². The molecule has 0 aliphatic rings. The maximum Gasteiger partial charge on any atom is 0.0540 e. The summed E-state index contributed by atoms with van der Waals surface area (Å²) in [5.74, 6) is 0. The first-order valence-electron chi connectivity index (χ1n) is 23.2. The van der Waals surface area contributed by atoms with Gasteiger partial charge in [-0.3, -0.25) is 0 Å². The largest absolute Gasteiger partial charge is 0.309 e. The van der Waals surface area contributed by atoms with E-state index in [0.29, 0.717) is 0 Å². The molecule has 0 unspecified atom stereocenters. The first kappa shape index (κ1) is 40.9. The van der Waals surface area contributed by atoms with E-state index in [1.54, 1.807) is 0 Å². The van der Waals surface area contributed by atoms with Crippen molar-refractivity contribution in [3.05, 3.63) is 273 Å². The number of thiophene rings is 1. The van der Waals surface area contributed by atoms with Gasteiger partial charge in [0.1, 0.15) is 0 Å². The topological polar surface area (TPSA) is 3.24 Å². The van der Waals surface area contributed by atoms with Crippen molar-refractivity contribution in [1.82, 2.24) is 0 Å². The summed E-state index contributed by atoms with van der Waals surface area (Å²) in [6.45, 7) is 0. The highest BCUT2D eigenvalue weighted by atomic mass is 32.1. The summed E-state index contributed by atoms with van der Waals surface area (Å²) in [4.78, 5) is 2.46. The van der Waals surface area contributed by atoms with Crippen molar-refractivity contribution in [3.63, 3.8) is 0 Å². The van der Waals surface area contributed by atoms with Gasteiger partial charge >= 0.3 is 0 Å². The van der Waals surface area contributed by atoms with Crippen LogP contribution < -0.4 is 4.90 Å². The normalized spacial score (nSPS) is 11.2. The molecule has 0 atom stereocenters. The number of nitrogens with zero attached hydrogens (tertiary/aromatic N) is 1. The second kappa shape index (κ2) is 18.0. The maximum absolute atomic E-state index is 2.46. The van der Waals surface area contributed by atoms with Gasteiger partial charge in [0.15, 0.2) is 0 Å². The van der Waals surface area contributed by atoms with Crippen LogP contribution in [0, 0.1) is 0 Å². The Labute approximate surface area is 402 Å². The van der Waals surface area contributed by atoms with Crippen molar-refractivity contribution in [3.8, 4) is 77.9 Å². The number of rotatable bonds is 10. The van der Waals surface area contributed by atoms with Gasteiger partial charge in [-0.1, -0.05) is 224 Å². The number of benzene rings is 11. The van der Waals surface area contributed by atoms with E-state index in [1.807, 2.05) is 11.3 Å². The summed E-state index contributed by atoms with van der Waals surface area (Å²) in [6, 6.07) is 99.4. The van der Waals surface area contributed by atoms with E-state index in [2.05, 4.69) is 278 Å². The Morgan fingerprint density at radius 2 is 0.632 bits per heavy atom. The van der Waals surface area contributed by atoms with Crippen LogP contribution >= 0.6 is 11.3 Å². The van der Waals surface area contributed by atoms with E-state index in [-0.39, 0.29) is 0 Å². The molecule has 0 saturated heterocycles. The average Bonchev–Trinajstić information content (AvgIpc) is 3.81. The molecular formula is C66H45NS. The fourth-order valence-corrected chi connectivity index (χ4v) is 11.0. The molecule has 0 N–H and O–H groups in total. The molecule has 0 spiro atoms. The highest BCUT2D eigenvalue weighted by Gasteiger charge is 2.23. The highest BCUT2D eigenvalue weighted by molar-refractivity contribution is 7.26. The SMILES string of the molecule is c1ccc(-c2ccc(N(c3ccc(-c4ccc(-c5ccccc5)c(-c5cccc6c5sc5ccccc56)c4)cc3)c3ccc(-c4ccccc4)cc3-c3ccccc3)c(-c3ccccc3)c2)cc1. The lowest BCUT2D eigenvalue weighted by molar-refractivity contribution is 1.28. The Morgan fingerprint density at radius 3 is 1.16 bits per heavy atom. The summed E-state index contributed by atoms with van der Waals surface area (Å²) in [6.07, 6.45) is 0. The monoisotopic (exact) mass is 883 g/mol. The van der Waals surface area contributed by atoms with Gasteiger partial charge in [0.25, 0.3) is 0 Å². The van der Waals surface area contributed by atoms with E-state index in [4.69, 9.17) is 0 Å². The predicted octanol–water partition coefficient (Wildman–Crippen LogP) is 19.2. The van der Waals surface area contributed by atoms with Crippen LogP contribution in [0.15, 0.2) is 273 Å². The van der Waals surface area contributed by atoms with Crippen molar-refractivity contribution in [1.29, 1.82) is 0 Å². The van der Waals surface area contributed by atoms with Crippen molar-refractivity contribution in [2.75, 3.05) is 4.90 Å². The zero-order valence-electron chi connectivity index (χ0n) is 37.3. The number of anilines is 3. The Hall–Kier alpha value is -8.56. The molecule has 0 saturated carbocycles. The molecule has 0 bridgehead atoms. The molecule has 0 aliphatic heterocycles. The van der Waals surface area contributed by atoms with E-state index >= 15 is 0 Å². The quantitative estimate of drug-likeness (QED) is 0.132. The zero-order valence-corrected chi connectivity index (χ0v) is 38.2. The van der Waals surface area contributed by atoms with E-state index in [0.717, 1.165) is 44.9 Å². The average molecular weight is 884 g/mol. The standard InChI is InChI=1S/C66H45NS/c1-6-19-46(20-7-1)53-36-41-63(60(43-53)50-25-12-4-13-26-50)67(64-42-37-54(47-21-8-2-9-22-47)44-61(64)51-27-14-5-15-28-51)55-38-33-48(34-39-55)52-35-40-56(49-23-10-3-11-24-49)62(45-52)59-31-18-30-58-57-29-16-17-32-65(57)68-66(58)59/h1-45H. The van der Waals surface area contributed by atoms with Gasteiger partial charge in [0, 0.05) is 42.6 Å². The third kappa shape index (κ3) is 7.77. The lowest BCUT2D eigenvalue weighted by atomic mass is 9.90. The van der Waals surface area contributed by atoms with Crippen LogP contribution in [0.3, 0.4) is 0 Å². The fraction of sp³-hybridized carbons (Fsp3) is 0. The van der Waals surface area contributed by atoms with Crippen LogP contribution in [0.4, 0.5) is 17.1 Å². The molecule has 68 heavy (non-hydrogen) atoms. The van der Waals surface area contributed by atoms with E-state index < -0.39 is 0 Å². The minimum absolute atomic E-state index is 1.07. The summed E-state index contributed by atoms with van der Waals surface area (Å²) < 4.78 is 2.62. The summed E-state index contributed by atoms with van der Waals surface area (Å²) in [7, 11) is 0. The van der Waals surface area contributed by atoms with Crippen molar-refractivity contribution < 1.29 is 0 Å². The molecule has 320 valence electrons. The maximum atomic E-state index is 2.46. The first-order valence-corrected chi connectivity index (χ1v) is 24.1. The summed E-state index contributed by atoms with van der Waals surface area (Å²) in [5.41, 5.74) is 19.8. The minimum atomic E-state index is 1.07.